The zero-order valence-corrected chi connectivity index (χ0v) is 16.1. The van der Waals surface area contributed by atoms with Gasteiger partial charge in [-0.2, -0.15) is 0 Å². The first-order valence-corrected chi connectivity index (χ1v) is 8.90. The standard InChI is InChI=1S/C18H19ClN2O3S/c1-5-6-16(23)24-9-14-10-25-18(20-14)21(13(4)22)17-12(3)7-11(2)8-15(17)19/h5-8,10H,9H2,1-4H3/b6-5+. The minimum atomic E-state index is -0.433. The van der Waals surface area contributed by atoms with E-state index >= 15 is 0 Å². The van der Waals surface area contributed by atoms with Crippen LogP contribution in [0.2, 0.25) is 5.02 Å². The minimum Gasteiger partial charge on any atom is -0.456 e. The predicted molar refractivity (Wildman–Crippen MR) is 100 cm³/mol. The average Bonchev–Trinajstić information content (AvgIpc) is 2.97. The van der Waals surface area contributed by atoms with Gasteiger partial charge in [-0.05, 0) is 38.0 Å². The molecule has 0 unspecified atom stereocenters. The molecule has 0 aliphatic carbocycles. The Morgan fingerprint density at radius 1 is 1.36 bits per heavy atom. The SMILES string of the molecule is C/C=C/C(=O)OCc1csc(N(C(C)=O)c2c(C)cc(C)cc2Cl)n1. The summed E-state index contributed by atoms with van der Waals surface area (Å²) in [5.41, 5.74) is 3.10. The highest BCUT2D eigenvalue weighted by molar-refractivity contribution is 7.14. The van der Waals surface area contributed by atoms with Crippen molar-refractivity contribution in [3.8, 4) is 0 Å². The molecule has 5 nitrogen and oxygen atoms in total. The molecule has 7 heteroatoms. The summed E-state index contributed by atoms with van der Waals surface area (Å²) in [5.74, 6) is -0.626. The molecule has 1 amide bonds. The van der Waals surface area contributed by atoms with Crippen LogP contribution in [0.25, 0.3) is 0 Å². The van der Waals surface area contributed by atoms with E-state index in [2.05, 4.69) is 4.98 Å². The van der Waals surface area contributed by atoms with Crippen LogP contribution in [-0.4, -0.2) is 16.9 Å². The van der Waals surface area contributed by atoms with Crippen molar-refractivity contribution in [2.75, 3.05) is 4.90 Å². The van der Waals surface area contributed by atoms with E-state index in [1.54, 1.807) is 18.4 Å². The molecule has 0 saturated carbocycles. The summed E-state index contributed by atoms with van der Waals surface area (Å²) in [5, 5.41) is 2.73. The van der Waals surface area contributed by atoms with Gasteiger partial charge in [-0.15, -0.1) is 11.3 Å². The predicted octanol–water partition coefficient (Wildman–Crippen LogP) is 4.72. The van der Waals surface area contributed by atoms with E-state index in [4.69, 9.17) is 16.3 Å². The first kappa shape index (κ1) is 19.1. The van der Waals surface area contributed by atoms with Gasteiger partial charge in [0, 0.05) is 18.4 Å². The number of rotatable bonds is 5. The lowest BCUT2D eigenvalue weighted by molar-refractivity contribution is -0.139. The number of benzene rings is 1. The molecule has 2 rings (SSSR count). The maximum atomic E-state index is 12.2. The Labute approximate surface area is 155 Å². The lowest BCUT2D eigenvalue weighted by Crippen LogP contribution is -2.24. The number of allylic oxidation sites excluding steroid dienone is 1. The summed E-state index contributed by atoms with van der Waals surface area (Å²) in [6, 6.07) is 3.78. The number of amides is 1. The molecule has 0 aliphatic rings. The third kappa shape index (κ3) is 4.67. The molecule has 25 heavy (non-hydrogen) atoms. The Hall–Kier alpha value is -2.18. The molecule has 0 aliphatic heterocycles. The number of aryl methyl sites for hydroxylation is 2. The van der Waals surface area contributed by atoms with Gasteiger partial charge in [0.1, 0.15) is 6.61 Å². The number of halogens is 1. The van der Waals surface area contributed by atoms with Gasteiger partial charge in [0.15, 0.2) is 5.13 Å². The molecule has 0 radical (unpaired) electrons. The molecule has 0 fully saturated rings. The first-order chi connectivity index (χ1) is 11.8. The van der Waals surface area contributed by atoms with Crippen LogP contribution < -0.4 is 4.90 Å². The number of esters is 1. The number of aromatic nitrogens is 1. The number of nitrogens with zero attached hydrogens (tertiary/aromatic N) is 2. The van der Waals surface area contributed by atoms with Crippen molar-refractivity contribution in [3.63, 3.8) is 0 Å². The topological polar surface area (TPSA) is 59.5 Å². The molecule has 0 N–H and O–H groups in total. The minimum absolute atomic E-state index is 0.0476. The lowest BCUT2D eigenvalue weighted by atomic mass is 10.1. The summed E-state index contributed by atoms with van der Waals surface area (Å²) in [6.45, 7) is 7.09. The number of hydrogen-bond donors (Lipinski definition) is 0. The van der Waals surface area contributed by atoms with E-state index in [0.29, 0.717) is 21.5 Å². The molecule has 0 saturated heterocycles. The van der Waals surface area contributed by atoms with Gasteiger partial charge in [0.2, 0.25) is 5.91 Å². The molecule has 132 valence electrons. The fourth-order valence-corrected chi connectivity index (χ4v) is 3.64. The molecule has 0 spiro atoms. The zero-order chi connectivity index (χ0) is 18.6. The van der Waals surface area contributed by atoms with E-state index in [1.807, 2.05) is 26.0 Å². The van der Waals surface area contributed by atoms with Gasteiger partial charge in [0.25, 0.3) is 0 Å². The Balaban J connectivity index is 2.31. The summed E-state index contributed by atoms with van der Waals surface area (Å²) in [7, 11) is 0. The van der Waals surface area contributed by atoms with Crippen LogP contribution in [0, 0.1) is 13.8 Å². The molecule has 1 heterocycles. The number of ether oxygens (including phenoxy) is 1. The largest absolute Gasteiger partial charge is 0.456 e. The lowest BCUT2D eigenvalue weighted by Gasteiger charge is -2.22. The second-order valence-electron chi connectivity index (χ2n) is 5.50. The fourth-order valence-electron chi connectivity index (χ4n) is 2.37. The van der Waals surface area contributed by atoms with Crippen molar-refractivity contribution in [2.45, 2.75) is 34.3 Å². The number of anilines is 2. The Kier molecular flexibility index (Phi) is 6.33. The zero-order valence-electron chi connectivity index (χ0n) is 14.5. The van der Waals surface area contributed by atoms with Gasteiger partial charge in [-0.1, -0.05) is 23.7 Å². The fraction of sp³-hybridized carbons (Fsp3) is 0.278. The summed E-state index contributed by atoms with van der Waals surface area (Å²) in [4.78, 5) is 29.5. The summed E-state index contributed by atoms with van der Waals surface area (Å²) >= 11 is 7.67. The normalized spacial score (nSPS) is 10.9. The third-order valence-corrected chi connectivity index (χ3v) is 4.50. The van der Waals surface area contributed by atoms with E-state index in [0.717, 1.165) is 11.1 Å². The average molecular weight is 379 g/mol. The third-order valence-electron chi connectivity index (χ3n) is 3.33. The second kappa shape index (κ2) is 8.27. The van der Waals surface area contributed by atoms with Gasteiger partial charge in [0.05, 0.1) is 16.4 Å². The second-order valence-corrected chi connectivity index (χ2v) is 6.74. The van der Waals surface area contributed by atoms with E-state index in [1.165, 1.54) is 29.2 Å². The molecule has 0 bridgehead atoms. The van der Waals surface area contributed by atoms with Crippen molar-refractivity contribution in [2.24, 2.45) is 0 Å². The molecular weight excluding hydrogens is 360 g/mol. The molecule has 0 atom stereocenters. The van der Waals surface area contributed by atoms with E-state index in [9.17, 15) is 9.59 Å². The summed E-state index contributed by atoms with van der Waals surface area (Å²) in [6.07, 6.45) is 2.94. The quantitative estimate of drug-likeness (QED) is 0.558. The number of hydrogen-bond acceptors (Lipinski definition) is 5. The van der Waals surface area contributed by atoms with Gasteiger partial charge >= 0.3 is 5.97 Å². The van der Waals surface area contributed by atoms with E-state index < -0.39 is 5.97 Å². The highest BCUT2D eigenvalue weighted by Crippen LogP contribution is 2.37. The van der Waals surface area contributed by atoms with Crippen molar-refractivity contribution in [1.29, 1.82) is 0 Å². The van der Waals surface area contributed by atoms with Crippen molar-refractivity contribution < 1.29 is 14.3 Å². The van der Waals surface area contributed by atoms with Crippen molar-refractivity contribution in [1.82, 2.24) is 4.98 Å². The Bertz CT molecular complexity index is 806. The Morgan fingerprint density at radius 3 is 2.68 bits per heavy atom. The van der Waals surface area contributed by atoms with Gasteiger partial charge in [-0.3, -0.25) is 9.69 Å². The highest BCUT2D eigenvalue weighted by atomic mass is 35.5. The van der Waals surface area contributed by atoms with Crippen LogP contribution in [-0.2, 0) is 20.9 Å². The van der Waals surface area contributed by atoms with Crippen molar-refractivity contribution in [3.05, 3.63) is 51.5 Å². The highest BCUT2D eigenvalue weighted by Gasteiger charge is 2.22. The first-order valence-electron chi connectivity index (χ1n) is 7.64. The molecule has 2 aromatic rings. The van der Waals surface area contributed by atoms with Crippen LogP contribution in [0.5, 0.6) is 0 Å². The van der Waals surface area contributed by atoms with Gasteiger partial charge < -0.3 is 4.74 Å². The molecule has 1 aromatic carbocycles. The van der Waals surface area contributed by atoms with Crippen molar-refractivity contribution >= 4 is 45.6 Å². The maximum absolute atomic E-state index is 12.2. The van der Waals surface area contributed by atoms with Crippen LogP contribution in [0.1, 0.15) is 30.7 Å². The van der Waals surface area contributed by atoms with E-state index in [-0.39, 0.29) is 12.5 Å². The maximum Gasteiger partial charge on any atom is 0.330 e. The number of carbonyl (C=O) groups excluding carboxylic acids is 2. The molecular formula is C18H19ClN2O3S. The molecule has 1 aromatic heterocycles. The van der Waals surface area contributed by atoms with Gasteiger partial charge in [-0.25, -0.2) is 9.78 Å². The Morgan fingerprint density at radius 2 is 2.08 bits per heavy atom. The summed E-state index contributed by atoms with van der Waals surface area (Å²) < 4.78 is 5.08. The smallest absolute Gasteiger partial charge is 0.330 e. The van der Waals surface area contributed by atoms with Crippen LogP contribution in [0.3, 0.4) is 0 Å². The monoisotopic (exact) mass is 378 g/mol. The van der Waals surface area contributed by atoms with Crippen LogP contribution in [0.4, 0.5) is 10.8 Å². The van der Waals surface area contributed by atoms with Crippen LogP contribution >= 0.6 is 22.9 Å². The van der Waals surface area contributed by atoms with Crippen LogP contribution in [0.15, 0.2) is 29.7 Å². The number of carbonyl (C=O) groups is 2. The number of thiazole rings is 1.